The zero-order chi connectivity index (χ0) is 9.47. The van der Waals surface area contributed by atoms with Crippen molar-refractivity contribution in [3.8, 4) is 5.75 Å². The van der Waals surface area contributed by atoms with E-state index in [1.165, 1.54) is 5.82 Å². The molecule has 1 aromatic rings. The lowest BCUT2D eigenvalue weighted by molar-refractivity contribution is 0.505. The van der Waals surface area contributed by atoms with E-state index in [9.17, 15) is 4.57 Å². The third kappa shape index (κ3) is 1.91. The Hall–Kier alpha value is -0.430. The van der Waals surface area contributed by atoms with Crippen LogP contribution in [0.5, 0.6) is 5.75 Å². The Bertz CT molecular complexity index is 428. The average molecular weight is 235 g/mol. The van der Waals surface area contributed by atoms with Crippen LogP contribution in [0.2, 0.25) is 5.02 Å². The van der Waals surface area contributed by atoms with Crippen molar-refractivity contribution in [3.05, 3.63) is 34.6 Å². The van der Waals surface area contributed by atoms with E-state index in [0.717, 1.165) is 5.56 Å². The molecule has 2 nitrogen and oxygen atoms in total. The highest BCUT2D eigenvalue weighted by atomic mass is 35.7. The fraction of sp³-hybridized carbons (Fsp3) is 0. The van der Waals surface area contributed by atoms with E-state index in [-0.39, 0.29) is 0 Å². The third-order valence-corrected chi connectivity index (χ3v) is 3.36. The van der Waals surface area contributed by atoms with Gasteiger partial charge in [0, 0.05) is 16.4 Å². The number of benzene rings is 1. The van der Waals surface area contributed by atoms with Gasteiger partial charge in [0.25, 0.3) is 0 Å². The zero-order valence-corrected chi connectivity index (χ0v) is 8.81. The Kier molecular flexibility index (Phi) is 2.15. The molecule has 1 heterocycles. The number of hydrogen-bond acceptors (Lipinski definition) is 2. The molecule has 5 heteroatoms. The van der Waals surface area contributed by atoms with Crippen LogP contribution < -0.4 is 4.52 Å². The molecule has 0 aromatic heterocycles. The molecule has 0 aliphatic carbocycles. The molecule has 68 valence electrons. The minimum Gasteiger partial charge on any atom is -0.429 e. The summed E-state index contributed by atoms with van der Waals surface area (Å²) in [7, 11) is 0. The van der Waals surface area contributed by atoms with Crippen LogP contribution in [0.3, 0.4) is 0 Å². The molecule has 1 aromatic carbocycles. The van der Waals surface area contributed by atoms with Crippen LogP contribution in [-0.2, 0) is 4.57 Å². The third-order valence-electron chi connectivity index (χ3n) is 1.63. The van der Waals surface area contributed by atoms with Crippen molar-refractivity contribution in [1.82, 2.24) is 0 Å². The van der Waals surface area contributed by atoms with E-state index in [4.69, 9.17) is 27.4 Å². The van der Waals surface area contributed by atoms with Crippen molar-refractivity contribution in [2.24, 2.45) is 0 Å². The van der Waals surface area contributed by atoms with Gasteiger partial charge in [0.05, 0.1) is 0 Å². The second kappa shape index (κ2) is 3.06. The summed E-state index contributed by atoms with van der Waals surface area (Å²) in [6, 6.07) is 5.11. The smallest absolute Gasteiger partial charge is 0.359 e. The quantitative estimate of drug-likeness (QED) is 0.631. The predicted molar refractivity (Wildman–Crippen MR) is 54.6 cm³/mol. The molecule has 1 unspecified atom stereocenters. The summed E-state index contributed by atoms with van der Waals surface area (Å²) < 4.78 is 16.4. The van der Waals surface area contributed by atoms with E-state index in [1.807, 2.05) is 0 Å². The Morgan fingerprint density at radius 1 is 1.38 bits per heavy atom. The van der Waals surface area contributed by atoms with Gasteiger partial charge in [-0.3, -0.25) is 4.57 Å². The maximum absolute atomic E-state index is 11.3. The normalized spacial score (nSPS) is 25.1. The first kappa shape index (κ1) is 9.14. The van der Waals surface area contributed by atoms with Gasteiger partial charge < -0.3 is 4.52 Å². The van der Waals surface area contributed by atoms with Gasteiger partial charge in [-0.25, -0.2) is 0 Å². The Labute approximate surface area is 85.4 Å². The van der Waals surface area contributed by atoms with Crippen LogP contribution in [0, 0.1) is 0 Å². The summed E-state index contributed by atoms with van der Waals surface area (Å²) >= 11 is 11.3. The number of fused-ring (bicyclic) bond motifs is 1. The molecule has 0 fully saturated rings. The molecule has 0 amide bonds. The SMILES string of the molecule is O=P1(Cl)C=Cc2ccc(Cl)cc2O1. The topological polar surface area (TPSA) is 26.3 Å². The minimum absolute atomic E-state index is 0.466. The van der Waals surface area contributed by atoms with Crippen molar-refractivity contribution in [2.45, 2.75) is 0 Å². The highest BCUT2D eigenvalue weighted by molar-refractivity contribution is 7.88. The first-order chi connectivity index (χ1) is 6.07. The molecular weight excluding hydrogens is 230 g/mol. The fourth-order valence-electron chi connectivity index (χ4n) is 1.06. The first-order valence-corrected chi connectivity index (χ1v) is 6.52. The van der Waals surface area contributed by atoms with Crippen LogP contribution in [0.1, 0.15) is 5.56 Å². The lowest BCUT2D eigenvalue weighted by Crippen LogP contribution is -1.92. The van der Waals surface area contributed by atoms with Crippen LogP contribution in [0.25, 0.3) is 6.08 Å². The molecule has 0 radical (unpaired) electrons. The molecule has 1 aliphatic rings. The predicted octanol–water partition coefficient (Wildman–Crippen LogP) is 4.14. The molecular formula is C8H5Cl2O2P. The van der Waals surface area contributed by atoms with Crippen LogP contribution >= 0.6 is 29.6 Å². The highest BCUT2D eigenvalue weighted by Gasteiger charge is 2.22. The maximum atomic E-state index is 11.3. The van der Waals surface area contributed by atoms with Crippen molar-refractivity contribution in [3.63, 3.8) is 0 Å². The molecule has 2 rings (SSSR count). The summed E-state index contributed by atoms with van der Waals surface area (Å²) in [6.45, 7) is -3.11. The highest BCUT2D eigenvalue weighted by Crippen LogP contribution is 2.57. The number of halogens is 2. The summed E-state index contributed by atoms with van der Waals surface area (Å²) in [5, 5.41) is 0.533. The average Bonchev–Trinajstić information content (AvgIpc) is 2.01. The fourth-order valence-corrected chi connectivity index (χ4v) is 2.44. The lowest BCUT2D eigenvalue weighted by Gasteiger charge is -2.16. The Balaban J connectivity index is 2.54. The minimum atomic E-state index is -3.11. The van der Waals surface area contributed by atoms with Gasteiger partial charge in [-0.2, -0.15) is 0 Å². The summed E-state index contributed by atoms with van der Waals surface area (Å²) in [4.78, 5) is 0. The van der Waals surface area contributed by atoms with Gasteiger partial charge in [-0.1, -0.05) is 11.6 Å². The standard InChI is InChI=1S/C8H5Cl2O2P/c9-7-2-1-6-3-4-13(10,11)12-8(6)5-7/h1-5H. The first-order valence-electron chi connectivity index (χ1n) is 3.55. The van der Waals surface area contributed by atoms with Gasteiger partial charge >= 0.3 is 6.72 Å². The molecule has 0 N–H and O–H groups in total. The van der Waals surface area contributed by atoms with E-state index in [1.54, 1.807) is 24.3 Å². The molecule has 0 saturated carbocycles. The molecule has 1 aliphatic heterocycles. The summed E-state index contributed by atoms with van der Waals surface area (Å²) in [6.07, 6.45) is 1.67. The van der Waals surface area contributed by atoms with E-state index in [0.29, 0.717) is 10.8 Å². The Morgan fingerprint density at radius 2 is 2.15 bits per heavy atom. The zero-order valence-electron chi connectivity index (χ0n) is 6.41. The largest absolute Gasteiger partial charge is 0.429 e. The van der Waals surface area contributed by atoms with E-state index >= 15 is 0 Å². The van der Waals surface area contributed by atoms with Crippen LogP contribution in [0.4, 0.5) is 0 Å². The van der Waals surface area contributed by atoms with Crippen molar-refractivity contribution in [2.75, 3.05) is 0 Å². The Morgan fingerprint density at radius 3 is 2.92 bits per heavy atom. The van der Waals surface area contributed by atoms with Gasteiger partial charge in [0.1, 0.15) is 5.75 Å². The second-order valence-corrected chi connectivity index (χ2v) is 5.98. The van der Waals surface area contributed by atoms with Crippen molar-refractivity contribution >= 4 is 35.6 Å². The molecule has 0 spiro atoms. The molecule has 1 atom stereocenters. The summed E-state index contributed by atoms with van der Waals surface area (Å²) in [5.41, 5.74) is 0.830. The van der Waals surface area contributed by atoms with Gasteiger partial charge in [-0.15, -0.1) is 0 Å². The molecule has 13 heavy (non-hydrogen) atoms. The van der Waals surface area contributed by atoms with Crippen molar-refractivity contribution in [1.29, 1.82) is 0 Å². The van der Waals surface area contributed by atoms with E-state index in [2.05, 4.69) is 0 Å². The number of rotatable bonds is 0. The van der Waals surface area contributed by atoms with Gasteiger partial charge in [-0.05, 0) is 35.5 Å². The van der Waals surface area contributed by atoms with Crippen LogP contribution in [-0.4, -0.2) is 0 Å². The van der Waals surface area contributed by atoms with Gasteiger partial charge in [0.2, 0.25) is 0 Å². The lowest BCUT2D eigenvalue weighted by atomic mass is 10.2. The maximum Gasteiger partial charge on any atom is 0.359 e. The molecule has 0 bridgehead atoms. The molecule has 0 saturated heterocycles. The summed E-state index contributed by atoms with van der Waals surface area (Å²) in [5.74, 6) is 1.83. The van der Waals surface area contributed by atoms with Crippen molar-refractivity contribution < 1.29 is 9.09 Å². The number of hydrogen-bond donors (Lipinski definition) is 0. The van der Waals surface area contributed by atoms with Gasteiger partial charge in [0.15, 0.2) is 0 Å². The monoisotopic (exact) mass is 234 g/mol. The van der Waals surface area contributed by atoms with Crippen LogP contribution in [0.15, 0.2) is 24.0 Å². The second-order valence-electron chi connectivity index (χ2n) is 2.61. The van der Waals surface area contributed by atoms with E-state index < -0.39 is 6.72 Å².